The van der Waals surface area contributed by atoms with Crippen LogP contribution in [0.2, 0.25) is 0 Å². The summed E-state index contributed by atoms with van der Waals surface area (Å²) in [6, 6.07) is 0. The highest BCUT2D eigenvalue weighted by molar-refractivity contribution is 4.96. The molecule has 1 aliphatic carbocycles. The molecule has 0 saturated heterocycles. The molecule has 0 aromatic heterocycles. The van der Waals surface area contributed by atoms with E-state index in [4.69, 9.17) is 5.73 Å². The van der Waals surface area contributed by atoms with Crippen LogP contribution in [0.5, 0.6) is 0 Å². The van der Waals surface area contributed by atoms with Gasteiger partial charge in [-0.2, -0.15) is 0 Å². The normalized spacial score (nSPS) is 22.0. The third-order valence-corrected chi connectivity index (χ3v) is 2.55. The first-order chi connectivity index (χ1) is 5.68. The lowest BCUT2D eigenvalue weighted by Gasteiger charge is -2.25. The predicted molar refractivity (Wildman–Crippen MR) is 50.5 cm³/mol. The van der Waals surface area contributed by atoms with Crippen LogP contribution in [0.25, 0.3) is 0 Å². The fourth-order valence-corrected chi connectivity index (χ4v) is 1.57. The smallest absolute Gasteiger partial charge is 0.0740 e. The average Bonchev–Trinajstić information content (AvgIpc) is 1.81. The number of rotatable bonds is 4. The van der Waals surface area contributed by atoms with Crippen molar-refractivity contribution in [1.82, 2.24) is 0 Å². The maximum atomic E-state index is 9.43. The van der Waals surface area contributed by atoms with Crippen molar-refractivity contribution in [3.8, 4) is 0 Å². The van der Waals surface area contributed by atoms with Crippen LogP contribution in [-0.4, -0.2) is 11.2 Å². The lowest BCUT2D eigenvalue weighted by Crippen LogP contribution is -2.14. The van der Waals surface area contributed by atoms with E-state index in [2.05, 4.69) is 0 Å². The third-order valence-electron chi connectivity index (χ3n) is 2.55. The minimum absolute atomic E-state index is 0.324. The van der Waals surface area contributed by atoms with Gasteiger partial charge in [-0.3, -0.25) is 0 Å². The number of hydrogen-bond donors (Lipinski definition) is 2. The van der Waals surface area contributed by atoms with Gasteiger partial charge in [0.05, 0.1) is 6.10 Å². The summed E-state index contributed by atoms with van der Waals surface area (Å²) in [4.78, 5) is 0. The molecule has 1 aliphatic rings. The van der Waals surface area contributed by atoms with Crippen LogP contribution < -0.4 is 5.73 Å². The van der Waals surface area contributed by atoms with Gasteiger partial charge < -0.3 is 10.8 Å². The van der Waals surface area contributed by atoms with Gasteiger partial charge in [-0.25, -0.2) is 0 Å². The van der Waals surface area contributed by atoms with E-state index in [1.807, 2.05) is 6.92 Å². The molecular formula is C10H19NO. The molecule has 0 aliphatic heterocycles. The van der Waals surface area contributed by atoms with E-state index in [1.165, 1.54) is 19.3 Å². The second kappa shape index (κ2) is 4.51. The summed E-state index contributed by atoms with van der Waals surface area (Å²) in [5.41, 5.74) is 6.17. The number of hydrogen-bond acceptors (Lipinski definition) is 2. The number of nitrogens with two attached hydrogens (primary N) is 1. The van der Waals surface area contributed by atoms with E-state index >= 15 is 0 Å². The minimum Gasteiger partial charge on any atom is -0.402 e. The topological polar surface area (TPSA) is 46.2 Å². The van der Waals surface area contributed by atoms with E-state index in [1.54, 1.807) is 6.08 Å². The number of allylic oxidation sites excluding steroid dienone is 1. The summed E-state index contributed by atoms with van der Waals surface area (Å²) in [6.45, 7) is 1.81. The molecule has 1 rings (SSSR count). The SMILES string of the molecule is C/C(N)=C/C(O)CCC1CCC1. The summed E-state index contributed by atoms with van der Waals surface area (Å²) in [7, 11) is 0. The van der Waals surface area contributed by atoms with Crippen molar-refractivity contribution >= 4 is 0 Å². The van der Waals surface area contributed by atoms with E-state index in [9.17, 15) is 5.11 Å². The van der Waals surface area contributed by atoms with Crippen LogP contribution in [0.3, 0.4) is 0 Å². The molecule has 70 valence electrons. The van der Waals surface area contributed by atoms with E-state index in [0.717, 1.165) is 24.5 Å². The third kappa shape index (κ3) is 3.26. The average molecular weight is 169 g/mol. The van der Waals surface area contributed by atoms with Crippen LogP contribution in [0, 0.1) is 5.92 Å². The monoisotopic (exact) mass is 169 g/mol. The molecule has 0 bridgehead atoms. The molecule has 1 atom stereocenters. The van der Waals surface area contributed by atoms with Gasteiger partial charge in [0, 0.05) is 5.70 Å². The summed E-state index contributed by atoms with van der Waals surface area (Å²) < 4.78 is 0. The van der Waals surface area contributed by atoms with Crippen molar-refractivity contribution in [1.29, 1.82) is 0 Å². The molecular weight excluding hydrogens is 150 g/mol. The zero-order valence-corrected chi connectivity index (χ0v) is 7.79. The van der Waals surface area contributed by atoms with Gasteiger partial charge in [-0.1, -0.05) is 19.3 Å². The Balaban J connectivity index is 2.09. The van der Waals surface area contributed by atoms with Crippen molar-refractivity contribution in [2.24, 2.45) is 11.7 Å². The Morgan fingerprint density at radius 3 is 2.75 bits per heavy atom. The molecule has 1 unspecified atom stereocenters. The molecule has 0 radical (unpaired) electrons. The summed E-state index contributed by atoms with van der Waals surface area (Å²) in [5.74, 6) is 0.881. The first-order valence-corrected chi connectivity index (χ1v) is 4.80. The van der Waals surface area contributed by atoms with E-state index in [0.29, 0.717) is 0 Å². The molecule has 3 N–H and O–H groups in total. The predicted octanol–water partition coefficient (Wildman–Crippen LogP) is 1.79. The Morgan fingerprint density at radius 2 is 2.33 bits per heavy atom. The number of aliphatic hydroxyl groups is 1. The molecule has 2 nitrogen and oxygen atoms in total. The molecule has 0 aromatic carbocycles. The van der Waals surface area contributed by atoms with Gasteiger partial charge in [0.1, 0.15) is 0 Å². The second-order valence-corrected chi connectivity index (χ2v) is 3.85. The lowest BCUT2D eigenvalue weighted by atomic mass is 9.81. The van der Waals surface area contributed by atoms with Crippen molar-refractivity contribution in [2.75, 3.05) is 0 Å². The second-order valence-electron chi connectivity index (χ2n) is 3.85. The van der Waals surface area contributed by atoms with Gasteiger partial charge in [0.15, 0.2) is 0 Å². The molecule has 0 heterocycles. The van der Waals surface area contributed by atoms with Crippen LogP contribution in [-0.2, 0) is 0 Å². The van der Waals surface area contributed by atoms with Crippen LogP contribution in [0.15, 0.2) is 11.8 Å². The fraction of sp³-hybridized carbons (Fsp3) is 0.800. The largest absolute Gasteiger partial charge is 0.402 e. The quantitative estimate of drug-likeness (QED) is 0.674. The highest BCUT2D eigenvalue weighted by Gasteiger charge is 2.17. The molecule has 1 saturated carbocycles. The lowest BCUT2D eigenvalue weighted by molar-refractivity contribution is 0.182. The maximum Gasteiger partial charge on any atom is 0.0740 e. The highest BCUT2D eigenvalue weighted by Crippen LogP contribution is 2.30. The zero-order valence-electron chi connectivity index (χ0n) is 7.79. The van der Waals surface area contributed by atoms with Crippen LogP contribution in [0.1, 0.15) is 39.0 Å². The number of aliphatic hydroxyl groups excluding tert-OH is 1. The standard InChI is InChI=1S/C10H19NO/c1-8(11)7-10(12)6-5-9-3-2-4-9/h7,9-10,12H,2-6,11H2,1H3/b8-7-. The van der Waals surface area contributed by atoms with Gasteiger partial charge in [0.25, 0.3) is 0 Å². The van der Waals surface area contributed by atoms with Crippen molar-refractivity contribution < 1.29 is 5.11 Å². The van der Waals surface area contributed by atoms with Gasteiger partial charge >= 0.3 is 0 Å². The van der Waals surface area contributed by atoms with Crippen LogP contribution >= 0.6 is 0 Å². The Labute approximate surface area is 74.5 Å². The summed E-state index contributed by atoms with van der Waals surface area (Å²) in [5, 5.41) is 9.43. The van der Waals surface area contributed by atoms with Gasteiger partial charge in [-0.05, 0) is 31.8 Å². The summed E-state index contributed by atoms with van der Waals surface area (Å²) in [6.07, 6.45) is 7.54. The van der Waals surface area contributed by atoms with Crippen molar-refractivity contribution in [2.45, 2.75) is 45.1 Å². The molecule has 0 spiro atoms. The van der Waals surface area contributed by atoms with Crippen LogP contribution in [0.4, 0.5) is 0 Å². The molecule has 12 heavy (non-hydrogen) atoms. The molecule has 2 heteroatoms. The maximum absolute atomic E-state index is 9.43. The molecule has 1 fully saturated rings. The van der Waals surface area contributed by atoms with E-state index < -0.39 is 0 Å². The zero-order chi connectivity index (χ0) is 8.97. The molecule has 0 aromatic rings. The Kier molecular flexibility index (Phi) is 3.60. The Morgan fingerprint density at radius 1 is 1.67 bits per heavy atom. The van der Waals surface area contributed by atoms with E-state index in [-0.39, 0.29) is 6.10 Å². The Hall–Kier alpha value is -0.500. The Bertz CT molecular complexity index is 157. The minimum atomic E-state index is -0.324. The fourth-order valence-electron chi connectivity index (χ4n) is 1.57. The highest BCUT2D eigenvalue weighted by atomic mass is 16.3. The molecule has 0 amide bonds. The summed E-state index contributed by atoms with van der Waals surface area (Å²) >= 11 is 0. The first-order valence-electron chi connectivity index (χ1n) is 4.80. The first kappa shape index (κ1) is 9.59. The van der Waals surface area contributed by atoms with Crippen molar-refractivity contribution in [3.05, 3.63) is 11.8 Å². The van der Waals surface area contributed by atoms with Gasteiger partial charge in [0.2, 0.25) is 0 Å². The van der Waals surface area contributed by atoms with Gasteiger partial charge in [-0.15, -0.1) is 0 Å². The van der Waals surface area contributed by atoms with Crippen molar-refractivity contribution in [3.63, 3.8) is 0 Å².